The van der Waals surface area contributed by atoms with E-state index in [0.717, 1.165) is 29.8 Å². The first kappa shape index (κ1) is 19.9. The van der Waals surface area contributed by atoms with E-state index in [0.29, 0.717) is 12.4 Å². The van der Waals surface area contributed by atoms with E-state index in [4.69, 9.17) is 14.2 Å². The van der Waals surface area contributed by atoms with Crippen molar-refractivity contribution in [2.45, 2.75) is 46.0 Å². The monoisotopic (exact) mass is 349 g/mol. The fraction of sp³-hybridized carbons (Fsp3) is 0.714. The van der Waals surface area contributed by atoms with Crippen LogP contribution < -0.4 is 14.2 Å². The summed E-state index contributed by atoms with van der Waals surface area (Å²) in [6.07, 6.45) is 6.22. The number of benzene rings is 1. The summed E-state index contributed by atoms with van der Waals surface area (Å²) in [5, 5.41) is 0. The molecule has 1 fully saturated rings. The van der Waals surface area contributed by atoms with Crippen LogP contribution in [0.25, 0.3) is 0 Å². The first-order valence-electron chi connectivity index (χ1n) is 9.70. The number of ether oxygens (including phenoxy) is 3. The number of likely N-dealkylation sites (tertiary alicyclic amines) is 1. The third-order valence-electron chi connectivity index (χ3n) is 4.94. The van der Waals surface area contributed by atoms with E-state index in [1.807, 2.05) is 18.2 Å². The fourth-order valence-electron chi connectivity index (χ4n) is 3.90. The predicted octanol–water partition coefficient (Wildman–Crippen LogP) is 4.62. The number of para-hydroxylation sites is 1. The normalized spacial score (nSPS) is 21.1. The molecule has 25 heavy (non-hydrogen) atoms. The van der Waals surface area contributed by atoms with Crippen LogP contribution in [0, 0.1) is 11.8 Å². The molecule has 0 bridgehead atoms. The minimum Gasteiger partial charge on any atom is -0.493 e. The van der Waals surface area contributed by atoms with Gasteiger partial charge in [0.15, 0.2) is 11.5 Å². The van der Waals surface area contributed by atoms with Crippen LogP contribution in [-0.4, -0.2) is 45.4 Å². The van der Waals surface area contributed by atoms with E-state index in [1.54, 1.807) is 14.2 Å². The lowest BCUT2D eigenvalue weighted by atomic mass is 9.92. The van der Waals surface area contributed by atoms with Gasteiger partial charge >= 0.3 is 0 Å². The number of piperidine rings is 1. The molecule has 4 nitrogen and oxygen atoms in total. The fourth-order valence-corrected chi connectivity index (χ4v) is 3.90. The van der Waals surface area contributed by atoms with Gasteiger partial charge in [0.25, 0.3) is 0 Å². The molecule has 0 unspecified atom stereocenters. The van der Waals surface area contributed by atoms with E-state index >= 15 is 0 Å². The second kappa shape index (κ2) is 10.5. The van der Waals surface area contributed by atoms with Crippen LogP contribution in [0.15, 0.2) is 18.2 Å². The second-order valence-corrected chi connectivity index (χ2v) is 7.46. The van der Waals surface area contributed by atoms with Crippen molar-refractivity contribution in [3.8, 4) is 17.2 Å². The molecule has 2 rings (SSSR count). The number of nitrogens with zero attached hydrogens (tertiary/aromatic N) is 1. The zero-order chi connectivity index (χ0) is 18.1. The first-order valence-corrected chi connectivity index (χ1v) is 9.70. The van der Waals surface area contributed by atoms with Gasteiger partial charge in [0.2, 0.25) is 5.75 Å². The molecule has 1 aromatic rings. The molecule has 142 valence electrons. The van der Waals surface area contributed by atoms with Crippen LogP contribution >= 0.6 is 0 Å². The smallest absolute Gasteiger partial charge is 0.203 e. The molecule has 2 atom stereocenters. The summed E-state index contributed by atoms with van der Waals surface area (Å²) in [6.45, 7) is 9.27. The van der Waals surface area contributed by atoms with Crippen molar-refractivity contribution in [3.05, 3.63) is 18.2 Å². The minimum atomic E-state index is 0.703. The predicted molar refractivity (Wildman–Crippen MR) is 103 cm³/mol. The second-order valence-electron chi connectivity index (χ2n) is 7.46. The molecule has 4 heteroatoms. The van der Waals surface area contributed by atoms with Crippen LogP contribution in [0.4, 0.5) is 0 Å². The maximum atomic E-state index is 5.91. The van der Waals surface area contributed by atoms with Gasteiger partial charge in [0, 0.05) is 13.1 Å². The third kappa shape index (κ3) is 6.43. The molecular weight excluding hydrogens is 314 g/mol. The summed E-state index contributed by atoms with van der Waals surface area (Å²) in [6, 6.07) is 5.71. The molecule has 1 aliphatic rings. The van der Waals surface area contributed by atoms with E-state index in [2.05, 4.69) is 18.7 Å². The Balaban J connectivity index is 1.61. The van der Waals surface area contributed by atoms with Gasteiger partial charge in [0.05, 0.1) is 20.8 Å². The van der Waals surface area contributed by atoms with E-state index < -0.39 is 0 Å². The van der Waals surface area contributed by atoms with Gasteiger partial charge in [-0.1, -0.05) is 32.8 Å². The van der Waals surface area contributed by atoms with Crippen molar-refractivity contribution < 1.29 is 14.2 Å². The highest BCUT2D eigenvalue weighted by atomic mass is 16.5. The Labute approximate surface area is 153 Å². The molecule has 1 aliphatic heterocycles. The summed E-state index contributed by atoms with van der Waals surface area (Å²) in [4.78, 5) is 2.65. The number of hydrogen-bond donors (Lipinski definition) is 0. The summed E-state index contributed by atoms with van der Waals surface area (Å²) < 4.78 is 16.6. The number of rotatable bonds is 10. The SMILES string of the molecule is COc1cccc(OC)c1OCCCCCCN1C[C@H](C)C[C@@H](C)C1. The standard InChI is InChI=1S/C21H35NO3/c1-17-14-18(2)16-22(15-17)12-7-5-6-8-13-25-21-19(23-3)10-9-11-20(21)24-4/h9-11,17-18H,5-8,12-16H2,1-4H3/t17-,18-/m1/s1. The minimum absolute atomic E-state index is 0.703. The van der Waals surface area contributed by atoms with Crippen LogP contribution in [-0.2, 0) is 0 Å². The molecule has 0 aliphatic carbocycles. The van der Waals surface area contributed by atoms with Gasteiger partial charge in [0.1, 0.15) is 0 Å². The van der Waals surface area contributed by atoms with Crippen LogP contribution in [0.1, 0.15) is 46.0 Å². The summed E-state index contributed by atoms with van der Waals surface area (Å²) >= 11 is 0. The van der Waals surface area contributed by atoms with Crippen molar-refractivity contribution in [2.24, 2.45) is 11.8 Å². The summed E-state index contributed by atoms with van der Waals surface area (Å²) in [5.74, 6) is 3.88. The highest BCUT2D eigenvalue weighted by molar-refractivity contribution is 5.51. The van der Waals surface area contributed by atoms with Gasteiger partial charge in [-0.05, 0) is 49.8 Å². The first-order chi connectivity index (χ1) is 12.1. The molecule has 0 saturated carbocycles. The molecule has 0 N–H and O–H groups in total. The number of methoxy groups -OCH3 is 2. The van der Waals surface area contributed by atoms with Crippen molar-refractivity contribution in [1.29, 1.82) is 0 Å². The molecule has 0 radical (unpaired) electrons. The number of hydrogen-bond acceptors (Lipinski definition) is 4. The number of unbranched alkanes of at least 4 members (excludes halogenated alkanes) is 3. The van der Waals surface area contributed by atoms with Gasteiger partial charge in [-0.25, -0.2) is 0 Å². The highest BCUT2D eigenvalue weighted by Crippen LogP contribution is 2.36. The van der Waals surface area contributed by atoms with E-state index in [1.165, 1.54) is 45.3 Å². The van der Waals surface area contributed by atoms with Crippen molar-refractivity contribution >= 4 is 0 Å². The largest absolute Gasteiger partial charge is 0.493 e. The molecule has 0 amide bonds. The molecule has 1 heterocycles. The zero-order valence-electron chi connectivity index (χ0n) is 16.4. The van der Waals surface area contributed by atoms with Crippen molar-refractivity contribution in [1.82, 2.24) is 4.90 Å². The summed E-state index contributed by atoms with van der Waals surface area (Å²) in [5.41, 5.74) is 0. The molecule has 1 saturated heterocycles. The van der Waals surface area contributed by atoms with Gasteiger partial charge in [-0.15, -0.1) is 0 Å². The third-order valence-corrected chi connectivity index (χ3v) is 4.94. The lowest BCUT2D eigenvalue weighted by molar-refractivity contribution is 0.138. The quantitative estimate of drug-likeness (QED) is 0.577. The van der Waals surface area contributed by atoms with Crippen LogP contribution in [0.3, 0.4) is 0 Å². The maximum absolute atomic E-state index is 5.91. The van der Waals surface area contributed by atoms with Crippen LogP contribution in [0.2, 0.25) is 0 Å². The van der Waals surface area contributed by atoms with Crippen molar-refractivity contribution in [3.63, 3.8) is 0 Å². The highest BCUT2D eigenvalue weighted by Gasteiger charge is 2.20. The molecule has 1 aromatic carbocycles. The Morgan fingerprint density at radius 2 is 1.52 bits per heavy atom. The Morgan fingerprint density at radius 3 is 2.12 bits per heavy atom. The Kier molecular flexibility index (Phi) is 8.39. The Bertz CT molecular complexity index is 474. The van der Waals surface area contributed by atoms with Gasteiger partial charge in [-0.2, -0.15) is 0 Å². The average Bonchev–Trinajstić information content (AvgIpc) is 2.59. The lowest BCUT2D eigenvalue weighted by Crippen LogP contribution is -2.39. The van der Waals surface area contributed by atoms with Crippen molar-refractivity contribution in [2.75, 3.05) is 40.5 Å². The topological polar surface area (TPSA) is 30.9 Å². The molecular formula is C21H35NO3. The van der Waals surface area contributed by atoms with Crippen LogP contribution in [0.5, 0.6) is 17.2 Å². The zero-order valence-corrected chi connectivity index (χ0v) is 16.4. The maximum Gasteiger partial charge on any atom is 0.203 e. The van der Waals surface area contributed by atoms with E-state index in [-0.39, 0.29) is 0 Å². The Hall–Kier alpha value is -1.42. The summed E-state index contributed by atoms with van der Waals surface area (Å²) in [7, 11) is 3.31. The van der Waals surface area contributed by atoms with Gasteiger partial charge < -0.3 is 19.1 Å². The molecule has 0 aromatic heterocycles. The molecule has 0 spiro atoms. The Morgan fingerprint density at radius 1 is 0.920 bits per heavy atom. The van der Waals surface area contributed by atoms with E-state index in [9.17, 15) is 0 Å². The van der Waals surface area contributed by atoms with Gasteiger partial charge in [-0.3, -0.25) is 0 Å². The average molecular weight is 350 g/mol. The lowest BCUT2D eigenvalue weighted by Gasteiger charge is -2.34.